The maximum atomic E-state index is 13.1. The molecule has 0 spiro atoms. The number of anilines is 1. The second-order valence-electron chi connectivity index (χ2n) is 8.17. The number of amides is 1. The van der Waals surface area contributed by atoms with Crippen LogP contribution in [0.4, 0.5) is 14.6 Å². The minimum Gasteiger partial charge on any atom is -0.487 e. The van der Waals surface area contributed by atoms with Crippen LogP contribution in [0.25, 0.3) is 10.9 Å². The lowest BCUT2D eigenvalue weighted by atomic mass is 10.1. The molecule has 10 heteroatoms. The lowest BCUT2D eigenvalue weighted by molar-refractivity contribution is 0.0664. The summed E-state index contributed by atoms with van der Waals surface area (Å²) >= 11 is 0. The fourth-order valence-electron chi connectivity index (χ4n) is 4.09. The van der Waals surface area contributed by atoms with E-state index < -0.39 is 18.0 Å². The average molecular weight is 458 g/mol. The van der Waals surface area contributed by atoms with E-state index in [9.17, 15) is 13.6 Å². The van der Waals surface area contributed by atoms with Gasteiger partial charge in [0.2, 0.25) is 0 Å². The molecule has 1 aromatic carbocycles. The summed E-state index contributed by atoms with van der Waals surface area (Å²) in [5, 5.41) is 8.11. The largest absolute Gasteiger partial charge is 0.487 e. The number of nitrogens with zero attached hydrogens (tertiary/aromatic N) is 3. The SMILES string of the molecule is O=C(Nc1cccc(C(F)F)n1)c1cc2cn(C3CCOCC3)nc2cc1OC1CCOC1. The number of nitrogens with one attached hydrogen (secondary N) is 1. The van der Waals surface area contributed by atoms with Gasteiger partial charge in [-0.3, -0.25) is 9.48 Å². The molecule has 0 radical (unpaired) electrons. The topological polar surface area (TPSA) is 87.5 Å². The van der Waals surface area contributed by atoms with Gasteiger partial charge in [-0.15, -0.1) is 0 Å². The van der Waals surface area contributed by atoms with Crippen LogP contribution in [0.2, 0.25) is 0 Å². The number of hydrogen-bond acceptors (Lipinski definition) is 6. The number of carbonyl (C=O) groups excluding carboxylic acids is 1. The van der Waals surface area contributed by atoms with E-state index in [0.717, 1.165) is 18.2 Å². The Morgan fingerprint density at radius 1 is 1.15 bits per heavy atom. The number of ether oxygens (including phenoxy) is 3. The van der Waals surface area contributed by atoms with Crippen LogP contribution in [0.5, 0.6) is 5.75 Å². The molecule has 1 amide bonds. The van der Waals surface area contributed by atoms with Crippen LogP contribution >= 0.6 is 0 Å². The van der Waals surface area contributed by atoms with Crippen molar-refractivity contribution in [1.82, 2.24) is 14.8 Å². The van der Waals surface area contributed by atoms with Crippen molar-refractivity contribution in [2.24, 2.45) is 0 Å². The first kappa shape index (κ1) is 21.7. The van der Waals surface area contributed by atoms with E-state index in [1.54, 1.807) is 12.1 Å². The zero-order valence-corrected chi connectivity index (χ0v) is 17.9. The first-order valence-electron chi connectivity index (χ1n) is 11.0. The van der Waals surface area contributed by atoms with Gasteiger partial charge >= 0.3 is 0 Å². The molecule has 1 unspecified atom stereocenters. The molecule has 1 atom stereocenters. The summed E-state index contributed by atoms with van der Waals surface area (Å²) in [6.45, 7) is 2.41. The third-order valence-corrected chi connectivity index (χ3v) is 5.85. The molecule has 174 valence electrons. The molecule has 2 aliphatic rings. The molecule has 0 saturated carbocycles. The number of carbonyl (C=O) groups is 1. The molecular weight excluding hydrogens is 434 g/mol. The van der Waals surface area contributed by atoms with Gasteiger partial charge in [0.25, 0.3) is 12.3 Å². The lowest BCUT2D eigenvalue weighted by Crippen LogP contribution is -2.20. The Labute approximate surface area is 188 Å². The van der Waals surface area contributed by atoms with Crippen molar-refractivity contribution in [3.63, 3.8) is 0 Å². The highest BCUT2D eigenvalue weighted by molar-refractivity contribution is 6.08. The molecular formula is C23H24F2N4O4. The number of benzene rings is 1. The maximum absolute atomic E-state index is 13.1. The van der Waals surface area contributed by atoms with Crippen LogP contribution in [-0.2, 0) is 9.47 Å². The lowest BCUT2D eigenvalue weighted by Gasteiger charge is -2.22. The Balaban J connectivity index is 1.47. The molecule has 2 aliphatic heterocycles. The van der Waals surface area contributed by atoms with Crippen molar-refractivity contribution in [2.45, 2.75) is 37.8 Å². The van der Waals surface area contributed by atoms with Gasteiger partial charge in [0.15, 0.2) is 0 Å². The first-order valence-corrected chi connectivity index (χ1v) is 11.0. The summed E-state index contributed by atoms with van der Waals surface area (Å²) < 4.78 is 44.9. The Hall–Kier alpha value is -3.11. The highest BCUT2D eigenvalue weighted by Crippen LogP contribution is 2.30. The summed E-state index contributed by atoms with van der Waals surface area (Å²) in [6.07, 6.45) is 1.47. The number of hydrogen-bond donors (Lipinski definition) is 1. The molecule has 33 heavy (non-hydrogen) atoms. The van der Waals surface area contributed by atoms with Gasteiger partial charge in [0, 0.05) is 37.3 Å². The van der Waals surface area contributed by atoms with Crippen molar-refractivity contribution < 1.29 is 27.8 Å². The van der Waals surface area contributed by atoms with Crippen LogP contribution < -0.4 is 10.1 Å². The highest BCUT2D eigenvalue weighted by atomic mass is 19.3. The van der Waals surface area contributed by atoms with Crippen LogP contribution in [0.1, 0.15) is 47.8 Å². The zero-order chi connectivity index (χ0) is 22.8. The molecule has 0 bridgehead atoms. The fraction of sp³-hybridized carbons (Fsp3) is 0.435. The van der Waals surface area contributed by atoms with E-state index >= 15 is 0 Å². The molecule has 0 aliphatic carbocycles. The van der Waals surface area contributed by atoms with E-state index in [1.165, 1.54) is 18.2 Å². The van der Waals surface area contributed by atoms with Gasteiger partial charge in [-0.2, -0.15) is 5.10 Å². The van der Waals surface area contributed by atoms with Crippen LogP contribution in [0, 0.1) is 0 Å². The Morgan fingerprint density at radius 2 is 1.97 bits per heavy atom. The van der Waals surface area contributed by atoms with Gasteiger partial charge in [-0.25, -0.2) is 13.8 Å². The smallest absolute Gasteiger partial charge is 0.280 e. The molecule has 2 fully saturated rings. The number of rotatable bonds is 6. The summed E-state index contributed by atoms with van der Waals surface area (Å²) in [4.78, 5) is 17.0. The summed E-state index contributed by atoms with van der Waals surface area (Å²) in [7, 11) is 0. The molecule has 1 N–H and O–H groups in total. The van der Waals surface area contributed by atoms with Gasteiger partial charge < -0.3 is 19.5 Å². The Bertz CT molecular complexity index is 1140. The Kier molecular flexibility index (Phi) is 6.19. The third-order valence-electron chi connectivity index (χ3n) is 5.85. The monoisotopic (exact) mass is 458 g/mol. The average Bonchev–Trinajstić information content (AvgIpc) is 3.49. The molecule has 8 nitrogen and oxygen atoms in total. The molecule has 3 aromatic rings. The van der Waals surface area contributed by atoms with Crippen LogP contribution in [0.3, 0.4) is 0 Å². The van der Waals surface area contributed by atoms with Crippen molar-refractivity contribution in [3.05, 3.63) is 47.8 Å². The summed E-state index contributed by atoms with van der Waals surface area (Å²) in [5.74, 6) is -0.0766. The minimum atomic E-state index is -2.73. The Morgan fingerprint density at radius 3 is 2.73 bits per heavy atom. The van der Waals surface area contributed by atoms with E-state index in [1.807, 2.05) is 10.9 Å². The van der Waals surface area contributed by atoms with Gasteiger partial charge in [0.1, 0.15) is 23.4 Å². The van der Waals surface area contributed by atoms with E-state index in [0.29, 0.717) is 44.1 Å². The number of pyridine rings is 1. The molecule has 5 rings (SSSR count). The van der Waals surface area contributed by atoms with Crippen molar-refractivity contribution in [3.8, 4) is 5.75 Å². The van der Waals surface area contributed by atoms with Gasteiger partial charge in [-0.05, 0) is 31.0 Å². The molecule has 2 saturated heterocycles. The van der Waals surface area contributed by atoms with Gasteiger partial charge in [-0.1, -0.05) is 6.07 Å². The minimum absolute atomic E-state index is 0.0472. The number of aromatic nitrogens is 3. The summed E-state index contributed by atoms with van der Waals surface area (Å²) in [6, 6.07) is 7.82. The highest BCUT2D eigenvalue weighted by Gasteiger charge is 2.24. The van der Waals surface area contributed by atoms with E-state index in [2.05, 4.69) is 10.3 Å². The predicted molar refractivity (Wildman–Crippen MR) is 116 cm³/mol. The second kappa shape index (κ2) is 9.40. The zero-order valence-electron chi connectivity index (χ0n) is 17.9. The van der Waals surface area contributed by atoms with Crippen molar-refractivity contribution in [2.75, 3.05) is 31.7 Å². The van der Waals surface area contributed by atoms with Crippen LogP contribution in [-0.4, -0.2) is 53.2 Å². The fourth-order valence-corrected chi connectivity index (χ4v) is 4.09. The normalized spacial score (nSPS) is 19.3. The van der Waals surface area contributed by atoms with E-state index in [-0.39, 0.29) is 23.5 Å². The molecule has 4 heterocycles. The number of alkyl halides is 2. The van der Waals surface area contributed by atoms with E-state index in [4.69, 9.17) is 19.3 Å². The number of fused-ring (bicyclic) bond motifs is 1. The van der Waals surface area contributed by atoms with Crippen LogP contribution in [0.15, 0.2) is 36.5 Å². The quantitative estimate of drug-likeness (QED) is 0.598. The second-order valence-corrected chi connectivity index (χ2v) is 8.17. The summed E-state index contributed by atoms with van der Waals surface area (Å²) in [5.41, 5.74) is 0.593. The standard InChI is InChI=1S/C23H24F2N4O4/c24-22(25)18-2-1-3-21(26-18)27-23(30)17-10-14-12-29(15-4-7-31-8-5-15)28-19(14)11-20(17)33-16-6-9-32-13-16/h1-3,10-12,15-16,22H,4-9,13H2,(H,26,27,30). The maximum Gasteiger partial charge on any atom is 0.280 e. The number of halogens is 2. The van der Waals surface area contributed by atoms with Crippen molar-refractivity contribution >= 4 is 22.6 Å². The van der Waals surface area contributed by atoms with Crippen molar-refractivity contribution in [1.29, 1.82) is 0 Å². The van der Waals surface area contributed by atoms with Gasteiger partial charge in [0.05, 0.1) is 30.3 Å². The molecule has 2 aromatic heterocycles. The first-order chi connectivity index (χ1) is 16.1. The predicted octanol–water partition coefficient (Wildman–Crippen LogP) is 4.14. The third kappa shape index (κ3) is 4.81.